The van der Waals surface area contributed by atoms with Gasteiger partial charge in [0, 0.05) is 0 Å². The van der Waals surface area contributed by atoms with Crippen molar-refractivity contribution in [2.75, 3.05) is 5.73 Å². The minimum atomic E-state index is -5.80. The molecular weight excluding hydrogens is 542 g/mol. The predicted molar refractivity (Wildman–Crippen MR) is 111 cm³/mol. The number of anilines is 1. The monoisotopic (exact) mass is 561 g/mol. The van der Waals surface area contributed by atoms with Crippen LogP contribution in [0, 0.1) is 11.8 Å². The highest BCUT2D eigenvalue weighted by molar-refractivity contribution is 7.66. The van der Waals surface area contributed by atoms with Crippen molar-refractivity contribution in [2.45, 2.75) is 44.1 Å². The molecule has 0 aliphatic carbocycles. The number of phosphoric acid groups is 3. The van der Waals surface area contributed by atoms with Crippen LogP contribution in [0.3, 0.4) is 0 Å². The smallest absolute Gasteiger partial charge is 0.386 e. The summed E-state index contributed by atoms with van der Waals surface area (Å²) in [5.74, 6) is 4.30. The number of rotatable bonds is 8. The number of aromatic nitrogens is 4. The first kappa shape index (κ1) is 27.8. The number of phosphoric ester groups is 1. The van der Waals surface area contributed by atoms with E-state index < -0.39 is 53.7 Å². The first-order chi connectivity index (χ1) is 16.0. The van der Waals surface area contributed by atoms with Gasteiger partial charge in [-0.15, -0.1) is 5.92 Å². The van der Waals surface area contributed by atoms with Gasteiger partial charge >= 0.3 is 23.5 Å². The maximum Gasteiger partial charge on any atom is 0.490 e. The Balaban J connectivity index is 1.89. The average Bonchev–Trinajstić information content (AvgIpc) is 3.17. The SMILES string of the molecule is CC#CC1(F)[C@@H](O)[C@@H]([C@H](C)OP(=O)(O)OP(=O)(O)OP(=O)(O)O)O[C@H]1n1cnc2cnc(N)nc21. The summed E-state index contributed by atoms with van der Waals surface area (Å²) in [6.45, 7) is 2.29. The first-order valence-electron chi connectivity index (χ1n) is 9.21. The van der Waals surface area contributed by atoms with Crippen molar-refractivity contribution >= 4 is 40.6 Å². The third-order valence-corrected chi connectivity index (χ3v) is 8.39. The Morgan fingerprint density at radius 2 is 1.89 bits per heavy atom. The van der Waals surface area contributed by atoms with Crippen LogP contribution in [0.2, 0.25) is 0 Å². The van der Waals surface area contributed by atoms with Crippen LogP contribution < -0.4 is 5.73 Å². The molecule has 0 bridgehead atoms. The third-order valence-electron chi connectivity index (χ3n) is 4.47. The second-order valence-corrected chi connectivity index (χ2v) is 11.4. The molecule has 3 heterocycles. The van der Waals surface area contributed by atoms with Crippen molar-refractivity contribution in [3.8, 4) is 11.8 Å². The van der Waals surface area contributed by atoms with E-state index in [1.54, 1.807) is 0 Å². The summed E-state index contributed by atoms with van der Waals surface area (Å²) in [4.78, 5) is 47.9. The minimum absolute atomic E-state index is 0.0100. The van der Waals surface area contributed by atoms with E-state index in [9.17, 15) is 28.6 Å². The Kier molecular flexibility index (Phi) is 7.58. The van der Waals surface area contributed by atoms with Gasteiger partial charge < -0.3 is 35.2 Å². The van der Waals surface area contributed by atoms with E-state index in [2.05, 4.69) is 39.9 Å². The molecule has 7 N–H and O–H groups in total. The van der Waals surface area contributed by atoms with E-state index in [-0.39, 0.29) is 17.1 Å². The van der Waals surface area contributed by atoms with E-state index in [0.717, 1.165) is 17.8 Å². The van der Waals surface area contributed by atoms with Crippen molar-refractivity contribution in [1.29, 1.82) is 0 Å². The molecule has 1 aliphatic heterocycles. The van der Waals surface area contributed by atoms with E-state index >= 15 is 4.39 Å². The number of ether oxygens (including phenoxy) is 1. The molecule has 17 nitrogen and oxygen atoms in total. The van der Waals surface area contributed by atoms with Gasteiger partial charge in [-0.2, -0.15) is 13.6 Å². The Morgan fingerprint density at radius 3 is 2.49 bits per heavy atom. The van der Waals surface area contributed by atoms with Crippen LogP contribution in [-0.4, -0.2) is 68.2 Å². The van der Waals surface area contributed by atoms with Gasteiger partial charge in [0.25, 0.3) is 0 Å². The Bertz CT molecular complexity index is 1320. The number of fused-ring (bicyclic) bond motifs is 1. The molecule has 7 atom stereocenters. The number of aliphatic hydroxyl groups excluding tert-OH is 1. The van der Waals surface area contributed by atoms with Gasteiger partial charge in [0.05, 0.1) is 18.6 Å². The fourth-order valence-electron chi connectivity index (χ4n) is 3.25. The van der Waals surface area contributed by atoms with Crippen LogP contribution in [0.5, 0.6) is 0 Å². The van der Waals surface area contributed by atoms with E-state index in [4.69, 9.17) is 20.3 Å². The van der Waals surface area contributed by atoms with E-state index in [1.165, 1.54) is 13.1 Å². The van der Waals surface area contributed by atoms with Crippen molar-refractivity contribution < 1.29 is 60.6 Å². The molecule has 0 amide bonds. The molecule has 3 rings (SSSR count). The van der Waals surface area contributed by atoms with Gasteiger partial charge in [0.15, 0.2) is 11.9 Å². The molecule has 194 valence electrons. The number of nitrogen functional groups attached to an aromatic ring is 1. The maximum absolute atomic E-state index is 16.0. The fraction of sp³-hybridized carbons (Fsp3) is 0.500. The normalized spacial score (nSPS) is 29.2. The highest BCUT2D eigenvalue weighted by Gasteiger charge is 2.60. The number of imidazole rings is 1. The third kappa shape index (κ3) is 6.12. The number of alkyl halides is 1. The summed E-state index contributed by atoms with van der Waals surface area (Å²) < 4.78 is 68.9. The Morgan fingerprint density at radius 1 is 1.23 bits per heavy atom. The lowest BCUT2D eigenvalue weighted by Gasteiger charge is -2.25. The van der Waals surface area contributed by atoms with Crippen molar-refractivity contribution in [1.82, 2.24) is 19.5 Å². The lowest BCUT2D eigenvalue weighted by atomic mass is 9.94. The van der Waals surface area contributed by atoms with E-state index in [0.29, 0.717) is 0 Å². The van der Waals surface area contributed by atoms with Crippen LogP contribution in [0.25, 0.3) is 11.2 Å². The zero-order valence-corrected chi connectivity index (χ0v) is 20.3. The van der Waals surface area contributed by atoms with Crippen molar-refractivity contribution in [3.05, 3.63) is 12.5 Å². The largest absolute Gasteiger partial charge is 0.490 e. The summed E-state index contributed by atoms with van der Waals surface area (Å²) in [6, 6.07) is 0. The summed E-state index contributed by atoms with van der Waals surface area (Å²) in [5.41, 5.74) is 2.92. The average molecular weight is 561 g/mol. The number of aliphatic hydroxyl groups is 1. The van der Waals surface area contributed by atoms with Gasteiger partial charge in [-0.25, -0.2) is 28.1 Å². The zero-order chi connectivity index (χ0) is 26.4. The summed E-state index contributed by atoms with van der Waals surface area (Å²) in [6.07, 6.45) is -4.98. The Labute approximate surface area is 195 Å². The molecule has 3 unspecified atom stereocenters. The number of hydrogen-bond acceptors (Lipinski definition) is 12. The topological polar surface area (TPSA) is 259 Å². The molecule has 1 saturated heterocycles. The lowest BCUT2D eigenvalue weighted by Crippen LogP contribution is -2.44. The molecule has 0 radical (unpaired) electrons. The van der Waals surface area contributed by atoms with Crippen LogP contribution >= 0.6 is 23.5 Å². The van der Waals surface area contributed by atoms with Crippen molar-refractivity contribution in [2.24, 2.45) is 0 Å². The van der Waals surface area contributed by atoms with Gasteiger partial charge in [-0.05, 0) is 13.8 Å². The van der Waals surface area contributed by atoms with Gasteiger partial charge in [0.2, 0.25) is 11.6 Å². The number of hydrogen-bond donors (Lipinski definition) is 6. The maximum atomic E-state index is 16.0. The Hall–Kier alpha value is -1.83. The molecular formula is C14H19FN5O12P3. The number of halogens is 1. The van der Waals surface area contributed by atoms with Gasteiger partial charge in [0.1, 0.15) is 17.7 Å². The molecule has 0 spiro atoms. The minimum Gasteiger partial charge on any atom is -0.386 e. The quantitative estimate of drug-likeness (QED) is 0.185. The van der Waals surface area contributed by atoms with Crippen LogP contribution in [0.15, 0.2) is 12.5 Å². The second kappa shape index (κ2) is 9.56. The lowest BCUT2D eigenvalue weighted by molar-refractivity contribution is -0.0754. The standard InChI is InChI=1S/C14H19FN5O12P3/c1-3-4-14(15)10(21)9(7(2)30-34(25,26)32-35(27,28)31-33(22,23)24)29-12(14)20-6-18-8-5-17-13(16)19-11(8)20/h5-7,9-10,12,21H,1-2H3,(H,25,26)(H,27,28)(H2,16,17,19)(H2,22,23,24)/t7-,9+,10-,12+,14?/m0/s1. The van der Waals surface area contributed by atoms with Crippen LogP contribution in [-0.2, 0) is 31.6 Å². The highest BCUT2D eigenvalue weighted by Crippen LogP contribution is 2.66. The molecule has 2 aromatic rings. The zero-order valence-electron chi connectivity index (χ0n) is 17.6. The second-order valence-electron chi connectivity index (χ2n) is 7.03. The van der Waals surface area contributed by atoms with Crippen LogP contribution in [0.1, 0.15) is 20.1 Å². The number of nitrogens with two attached hydrogens (primary N) is 1. The molecule has 0 saturated carbocycles. The molecule has 0 aromatic carbocycles. The summed E-state index contributed by atoms with van der Waals surface area (Å²) >= 11 is 0. The summed E-state index contributed by atoms with van der Waals surface area (Å²) in [7, 11) is -17.0. The first-order valence-corrected chi connectivity index (χ1v) is 13.7. The highest BCUT2D eigenvalue weighted by atomic mass is 31.3. The number of nitrogens with zero attached hydrogens (tertiary/aromatic N) is 4. The van der Waals surface area contributed by atoms with Crippen molar-refractivity contribution in [3.63, 3.8) is 0 Å². The van der Waals surface area contributed by atoms with Gasteiger partial charge in [-0.3, -0.25) is 9.09 Å². The molecule has 1 fully saturated rings. The predicted octanol–water partition coefficient (Wildman–Crippen LogP) is 0.130. The molecule has 21 heteroatoms. The van der Waals surface area contributed by atoms with Gasteiger partial charge in [-0.1, -0.05) is 5.92 Å². The summed E-state index contributed by atoms with van der Waals surface area (Å²) in [5, 5.41) is 10.7. The molecule has 2 aromatic heterocycles. The van der Waals surface area contributed by atoms with Crippen LogP contribution in [0.4, 0.5) is 10.3 Å². The van der Waals surface area contributed by atoms with E-state index in [1.807, 2.05) is 0 Å². The fourth-order valence-corrected chi connectivity index (χ4v) is 6.45. The molecule has 1 aliphatic rings. The molecule has 35 heavy (non-hydrogen) atoms.